The first-order valence-corrected chi connectivity index (χ1v) is 8.85. The van der Waals surface area contributed by atoms with Gasteiger partial charge < -0.3 is 25.4 Å². The fourth-order valence-corrected chi connectivity index (χ4v) is 4.81. The summed E-state index contributed by atoms with van der Waals surface area (Å²) in [7, 11) is 0. The lowest BCUT2D eigenvalue weighted by molar-refractivity contribution is -0.0684. The minimum Gasteiger partial charge on any atom is -0.396 e. The van der Waals surface area contributed by atoms with Crippen LogP contribution in [0.5, 0.6) is 0 Å². The Morgan fingerprint density at radius 1 is 1.29 bits per heavy atom. The molecule has 1 aliphatic carbocycles. The zero-order valence-electron chi connectivity index (χ0n) is 12.9. The Hall–Kier alpha value is -1.58. The number of hydrogen-bond donors (Lipinski definition) is 4. The summed E-state index contributed by atoms with van der Waals surface area (Å²) in [5.74, 6) is -0.209. The summed E-state index contributed by atoms with van der Waals surface area (Å²) in [5, 5.41) is 25.9. The van der Waals surface area contributed by atoms with Crippen molar-refractivity contribution in [1.29, 1.82) is 0 Å². The summed E-state index contributed by atoms with van der Waals surface area (Å²) >= 11 is 3.46. The van der Waals surface area contributed by atoms with Gasteiger partial charge in [-0.05, 0) is 40.9 Å². The van der Waals surface area contributed by atoms with E-state index in [1.54, 1.807) is 6.07 Å². The molecule has 1 saturated carbocycles. The average Bonchev–Trinajstić information content (AvgIpc) is 3.12. The smallest absolute Gasteiger partial charge is 0.320 e. The SMILES string of the molecule is O=C1N[C@@H]2[C@@H](C[C@]3(O)[C@H]2NC(=O)N3CCCCO)n2c(Br)ccc21. The van der Waals surface area contributed by atoms with Crippen molar-refractivity contribution in [2.45, 2.75) is 43.1 Å². The highest BCUT2D eigenvalue weighted by Gasteiger charge is 2.64. The molecule has 0 radical (unpaired) electrons. The van der Waals surface area contributed by atoms with Crippen LogP contribution in [0, 0.1) is 0 Å². The van der Waals surface area contributed by atoms with Gasteiger partial charge in [-0.25, -0.2) is 4.79 Å². The molecule has 4 atom stereocenters. The van der Waals surface area contributed by atoms with Gasteiger partial charge in [-0.2, -0.15) is 0 Å². The summed E-state index contributed by atoms with van der Waals surface area (Å²) in [6.07, 6.45) is 1.52. The summed E-state index contributed by atoms with van der Waals surface area (Å²) in [6, 6.07) is 2.16. The molecule has 2 aliphatic heterocycles. The van der Waals surface area contributed by atoms with Crippen LogP contribution in [0.15, 0.2) is 16.7 Å². The average molecular weight is 399 g/mol. The van der Waals surface area contributed by atoms with Crippen LogP contribution in [0.2, 0.25) is 0 Å². The lowest BCUT2D eigenvalue weighted by Gasteiger charge is -2.32. The third kappa shape index (κ3) is 2.04. The van der Waals surface area contributed by atoms with Crippen molar-refractivity contribution in [2.75, 3.05) is 13.2 Å². The third-order valence-electron chi connectivity index (χ3n) is 5.29. The van der Waals surface area contributed by atoms with E-state index in [2.05, 4.69) is 26.6 Å². The van der Waals surface area contributed by atoms with Crippen molar-refractivity contribution >= 4 is 27.9 Å². The molecule has 0 unspecified atom stereocenters. The molecule has 0 spiro atoms. The fraction of sp³-hybridized carbons (Fsp3) is 0.600. The predicted octanol–water partition coefficient (Wildman–Crippen LogP) is 0.162. The van der Waals surface area contributed by atoms with Gasteiger partial charge in [0, 0.05) is 19.6 Å². The molecule has 9 heteroatoms. The number of aromatic nitrogens is 1. The van der Waals surface area contributed by atoms with Crippen LogP contribution in [0.25, 0.3) is 0 Å². The topological polar surface area (TPSA) is 107 Å². The fourth-order valence-electron chi connectivity index (χ4n) is 4.22. The van der Waals surface area contributed by atoms with Crippen LogP contribution in [0.4, 0.5) is 4.79 Å². The molecule has 3 amide bonds. The predicted molar refractivity (Wildman–Crippen MR) is 87.3 cm³/mol. The Balaban J connectivity index is 1.66. The zero-order chi connectivity index (χ0) is 17.1. The van der Waals surface area contributed by atoms with Crippen LogP contribution in [-0.4, -0.2) is 62.6 Å². The van der Waals surface area contributed by atoms with Gasteiger partial charge in [0.15, 0.2) is 5.72 Å². The molecule has 1 aromatic heterocycles. The van der Waals surface area contributed by atoms with E-state index >= 15 is 0 Å². The number of rotatable bonds is 4. The minimum atomic E-state index is -1.35. The van der Waals surface area contributed by atoms with Crippen LogP contribution in [0.3, 0.4) is 0 Å². The summed E-state index contributed by atoms with van der Waals surface area (Å²) in [4.78, 5) is 26.0. The van der Waals surface area contributed by atoms with Gasteiger partial charge in [-0.15, -0.1) is 0 Å². The first kappa shape index (κ1) is 15.9. The first-order chi connectivity index (χ1) is 11.5. The highest BCUT2D eigenvalue weighted by molar-refractivity contribution is 9.10. The number of fused-ring (bicyclic) bond motifs is 5. The Morgan fingerprint density at radius 3 is 2.83 bits per heavy atom. The summed E-state index contributed by atoms with van der Waals surface area (Å²) in [5.41, 5.74) is -0.801. The van der Waals surface area contributed by atoms with E-state index in [9.17, 15) is 14.7 Å². The quantitative estimate of drug-likeness (QED) is 0.542. The maximum Gasteiger partial charge on any atom is 0.320 e. The first-order valence-electron chi connectivity index (χ1n) is 8.06. The second kappa shape index (κ2) is 5.47. The van der Waals surface area contributed by atoms with Crippen LogP contribution < -0.4 is 10.6 Å². The zero-order valence-corrected chi connectivity index (χ0v) is 14.5. The Labute approximate surface area is 146 Å². The van der Waals surface area contributed by atoms with Gasteiger partial charge in [0.25, 0.3) is 5.91 Å². The van der Waals surface area contributed by atoms with Crippen molar-refractivity contribution < 1.29 is 19.8 Å². The number of unbranched alkanes of at least 4 members (excludes halogenated alkanes) is 1. The Morgan fingerprint density at radius 2 is 2.08 bits per heavy atom. The standard InChI is InChI=1S/C15H19BrN4O4/c16-10-4-3-8-13(22)17-11-9(20(8)10)7-15(24)12(11)18-14(23)19(15)5-1-2-6-21/h3-4,9,11-12,21,24H,1-2,5-7H2,(H,17,22)(H,18,23)/t9-,11-,12+,15+/m1/s1. The molecule has 0 aromatic carbocycles. The van der Waals surface area contributed by atoms with Crippen LogP contribution in [0.1, 0.15) is 35.8 Å². The number of hydrogen-bond acceptors (Lipinski definition) is 4. The lowest BCUT2D eigenvalue weighted by Crippen LogP contribution is -2.56. The molecule has 2 fully saturated rings. The normalized spacial score (nSPS) is 33.8. The van der Waals surface area contributed by atoms with Crippen molar-refractivity contribution in [3.05, 3.63) is 22.4 Å². The monoisotopic (exact) mass is 398 g/mol. The molecule has 24 heavy (non-hydrogen) atoms. The van der Waals surface area contributed by atoms with E-state index in [0.29, 0.717) is 31.5 Å². The van der Waals surface area contributed by atoms with Gasteiger partial charge in [-0.1, -0.05) is 0 Å². The van der Waals surface area contributed by atoms with E-state index < -0.39 is 11.8 Å². The highest BCUT2D eigenvalue weighted by Crippen LogP contribution is 2.46. The van der Waals surface area contributed by atoms with Crippen LogP contribution in [-0.2, 0) is 0 Å². The molecule has 1 saturated heterocycles. The number of urea groups is 1. The van der Waals surface area contributed by atoms with E-state index in [-0.39, 0.29) is 30.6 Å². The van der Waals surface area contributed by atoms with Crippen molar-refractivity contribution in [2.24, 2.45) is 0 Å². The number of halogens is 1. The molecule has 3 heterocycles. The molecule has 0 bridgehead atoms. The molecular formula is C15H19BrN4O4. The van der Waals surface area contributed by atoms with Crippen molar-refractivity contribution in [3.8, 4) is 0 Å². The molecular weight excluding hydrogens is 380 g/mol. The van der Waals surface area contributed by atoms with Gasteiger partial charge in [0.2, 0.25) is 0 Å². The molecule has 3 aliphatic rings. The maximum atomic E-state index is 12.3. The van der Waals surface area contributed by atoms with Gasteiger partial charge in [0.1, 0.15) is 11.7 Å². The molecule has 130 valence electrons. The largest absolute Gasteiger partial charge is 0.396 e. The number of carbonyl (C=O) groups is 2. The van der Waals surface area contributed by atoms with Gasteiger partial charge >= 0.3 is 6.03 Å². The Bertz CT molecular complexity index is 708. The highest BCUT2D eigenvalue weighted by atomic mass is 79.9. The van der Waals surface area contributed by atoms with Crippen molar-refractivity contribution in [3.63, 3.8) is 0 Å². The van der Waals surface area contributed by atoms with Gasteiger partial charge in [-0.3, -0.25) is 9.69 Å². The minimum absolute atomic E-state index is 0.0539. The van der Waals surface area contributed by atoms with Crippen molar-refractivity contribution in [1.82, 2.24) is 20.1 Å². The molecule has 1 aromatic rings. The summed E-state index contributed by atoms with van der Waals surface area (Å²) in [6.45, 7) is 0.421. The van der Waals surface area contributed by atoms with Gasteiger partial charge in [0.05, 0.1) is 16.7 Å². The van der Waals surface area contributed by atoms with E-state index in [1.807, 2.05) is 10.6 Å². The number of nitrogens with zero attached hydrogens (tertiary/aromatic N) is 2. The number of aliphatic hydroxyl groups excluding tert-OH is 1. The third-order valence-corrected chi connectivity index (χ3v) is 5.94. The number of nitrogens with one attached hydrogen (secondary N) is 2. The number of carbonyl (C=O) groups excluding carboxylic acids is 2. The second-order valence-electron chi connectivity index (χ2n) is 6.57. The molecule has 4 rings (SSSR count). The molecule has 8 nitrogen and oxygen atoms in total. The van der Waals surface area contributed by atoms with Crippen LogP contribution >= 0.6 is 15.9 Å². The maximum absolute atomic E-state index is 12.3. The lowest BCUT2D eigenvalue weighted by atomic mass is 10.0. The number of aliphatic hydroxyl groups is 2. The number of amides is 3. The van der Waals surface area contributed by atoms with E-state index in [4.69, 9.17) is 5.11 Å². The second-order valence-corrected chi connectivity index (χ2v) is 7.38. The Kier molecular flexibility index (Phi) is 3.63. The summed E-state index contributed by atoms with van der Waals surface area (Å²) < 4.78 is 2.67. The van der Waals surface area contributed by atoms with E-state index in [1.165, 1.54) is 4.90 Å². The van der Waals surface area contributed by atoms with E-state index in [0.717, 1.165) is 4.60 Å². The molecule has 4 N–H and O–H groups in total.